The molecule has 0 radical (unpaired) electrons. The van der Waals surface area contributed by atoms with Gasteiger partial charge in [0.1, 0.15) is 47.8 Å². The topological polar surface area (TPSA) is 270 Å². The Bertz CT molecular complexity index is 3070. The van der Waals surface area contributed by atoms with Crippen LogP contribution in [0.3, 0.4) is 0 Å². The van der Waals surface area contributed by atoms with Crippen molar-refractivity contribution < 1.29 is 79.5 Å². The Labute approximate surface area is 583 Å². The lowest BCUT2D eigenvalue weighted by Gasteiger charge is -2.43. The van der Waals surface area contributed by atoms with E-state index >= 15 is 28.8 Å². The van der Waals surface area contributed by atoms with Gasteiger partial charge in [-0.2, -0.15) is 13.2 Å². The zero-order chi connectivity index (χ0) is 73.5. The third-order valence-corrected chi connectivity index (χ3v) is 21.0. The van der Waals surface area contributed by atoms with Crippen LogP contribution in [0.2, 0.25) is 5.02 Å². The fourth-order valence-corrected chi connectivity index (χ4v) is 14.8. The van der Waals surface area contributed by atoms with E-state index in [0.29, 0.717) is 58.0 Å². The molecule has 3 heterocycles. The van der Waals surface area contributed by atoms with Crippen LogP contribution in [0.1, 0.15) is 167 Å². The molecule has 8 atom stereocenters. The summed E-state index contributed by atoms with van der Waals surface area (Å²) in [6.45, 7) is 5.67. The first kappa shape index (κ1) is 80.8. The Morgan fingerprint density at radius 1 is 0.636 bits per heavy atom. The number of hydrogen-bond acceptors (Lipinski definition) is 12. The van der Waals surface area contributed by atoms with Gasteiger partial charge in [0.25, 0.3) is 0 Å². The smallest absolute Gasteiger partial charge is 0.343 e. The maximum absolute atomic E-state index is 15.8. The van der Waals surface area contributed by atoms with E-state index in [1.165, 1.54) is 54.8 Å². The minimum absolute atomic E-state index is 0.0269. The fraction of sp³-hybridized carbons (Fsp3) is 0.739. The maximum atomic E-state index is 15.8. The molecule has 3 saturated heterocycles. The van der Waals surface area contributed by atoms with Gasteiger partial charge >= 0.3 is 6.18 Å². The van der Waals surface area contributed by atoms with Gasteiger partial charge in [0.2, 0.25) is 77.3 Å². The van der Waals surface area contributed by atoms with Crippen molar-refractivity contribution in [3.8, 4) is 0 Å². The van der Waals surface area contributed by atoms with Gasteiger partial charge in [0.05, 0.1) is 36.6 Å². The number of fused-ring (bicyclic) bond motifs is 1. The second kappa shape index (κ2) is 35.9. The zero-order valence-electron chi connectivity index (χ0n) is 59.4. The number of likely N-dealkylation sites (N-methyl/N-ethyl adjacent to an activating group) is 7. The molecule has 0 unspecified atom stereocenters. The highest BCUT2D eigenvalue weighted by molar-refractivity contribution is 6.31. The van der Waals surface area contributed by atoms with E-state index in [1.54, 1.807) is 18.7 Å². The van der Waals surface area contributed by atoms with Gasteiger partial charge in [0, 0.05) is 75.4 Å². The van der Waals surface area contributed by atoms with Crippen molar-refractivity contribution in [2.24, 2.45) is 17.8 Å². The Balaban J connectivity index is 1.44. The molecule has 1 aromatic rings. The number of rotatable bonds is 12. The van der Waals surface area contributed by atoms with Crippen molar-refractivity contribution in [1.82, 2.24) is 60.0 Å². The molecule has 1 spiro atoms. The third-order valence-electron chi connectivity index (χ3n) is 20.7. The fourth-order valence-electron chi connectivity index (χ4n) is 14.5. The normalized spacial score (nSPS) is 26.0. The summed E-state index contributed by atoms with van der Waals surface area (Å²) in [7, 11) is 9.20. The van der Waals surface area contributed by atoms with Gasteiger partial charge in [-0.15, -0.1) is 0 Å². The zero-order valence-corrected chi connectivity index (χ0v) is 60.1. The van der Waals surface area contributed by atoms with Gasteiger partial charge in [-0.3, -0.25) is 57.5 Å². The first-order valence-corrected chi connectivity index (χ1v) is 35.4. The van der Waals surface area contributed by atoms with E-state index in [2.05, 4.69) is 16.0 Å². The first-order chi connectivity index (χ1) is 46.5. The predicted molar refractivity (Wildman–Crippen MR) is 358 cm³/mol. The lowest BCUT2D eigenvalue weighted by molar-refractivity contribution is -0.157. The average Bonchev–Trinajstić information content (AvgIpc) is 1.76. The molecule has 2 saturated carbocycles. The summed E-state index contributed by atoms with van der Waals surface area (Å²) >= 11 is 6.10. The minimum atomic E-state index is -4.80. The Hall–Kier alpha value is -7.20. The number of piperidine rings is 1. The van der Waals surface area contributed by atoms with E-state index in [0.717, 1.165) is 77.6 Å². The number of carbonyl (C=O) groups is 12. The summed E-state index contributed by atoms with van der Waals surface area (Å²) in [4.78, 5) is 188. The summed E-state index contributed by atoms with van der Waals surface area (Å²) in [6.07, 6.45) is -2.66. The van der Waals surface area contributed by atoms with Gasteiger partial charge in [-0.1, -0.05) is 83.9 Å². The lowest BCUT2D eigenvalue weighted by Crippen LogP contribution is -2.65. The summed E-state index contributed by atoms with van der Waals surface area (Å²) in [5.74, 6) is -10.2. The van der Waals surface area contributed by atoms with Crippen LogP contribution in [-0.2, 0) is 70.1 Å². The number of amides is 12. The number of alkyl halides is 5. The van der Waals surface area contributed by atoms with Gasteiger partial charge in [-0.05, 0) is 119 Å². The highest BCUT2D eigenvalue weighted by Gasteiger charge is 2.51. The number of likely N-dealkylation sites (tertiary alicyclic amines) is 1. The van der Waals surface area contributed by atoms with E-state index < -0.39 is 193 Å². The second-order valence-corrected chi connectivity index (χ2v) is 28.8. The van der Waals surface area contributed by atoms with Crippen LogP contribution in [-0.4, -0.2) is 258 Å². The molecule has 30 heteroatoms. The van der Waals surface area contributed by atoms with E-state index in [4.69, 9.17) is 11.6 Å². The number of benzene rings is 1. The molecule has 2 aliphatic carbocycles. The molecular weight excluding hydrogens is 1320 g/mol. The first-order valence-electron chi connectivity index (χ1n) is 35.0. The Morgan fingerprint density at radius 3 is 1.84 bits per heavy atom. The molecule has 12 amide bonds. The van der Waals surface area contributed by atoms with Crippen molar-refractivity contribution in [2.75, 3.05) is 88.6 Å². The monoisotopic (exact) mass is 1420 g/mol. The van der Waals surface area contributed by atoms with Crippen LogP contribution in [0.5, 0.6) is 0 Å². The van der Waals surface area contributed by atoms with Crippen LogP contribution < -0.4 is 16.0 Å². The van der Waals surface area contributed by atoms with Crippen LogP contribution >= 0.6 is 11.6 Å². The number of halogens is 6. The highest BCUT2D eigenvalue weighted by atomic mass is 35.5. The van der Waals surface area contributed by atoms with Crippen molar-refractivity contribution >= 4 is 82.5 Å². The summed E-state index contributed by atoms with van der Waals surface area (Å²) in [5, 5.41) is 7.87. The molecule has 99 heavy (non-hydrogen) atoms. The summed E-state index contributed by atoms with van der Waals surface area (Å²) in [6, 6.07) is -6.54. The molecule has 3 N–H and O–H groups in total. The van der Waals surface area contributed by atoms with Gasteiger partial charge in [-0.25, -0.2) is 8.78 Å². The highest BCUT2D eigenvalue weighted by Crippen LogP contribution is 2.38. The molecule has 1 aromatic carbocycles. The Kier molecular flexibility index (Phi) is 29.3. The van der Waals surface area contributed by atoms with Gasteiger partial charge < -0.3 is 60.0 Å². The van der Waals surface area contributed by atoms with Crippen LogP contribution in [0, 0.1) is 17.8 Å². The summed E-state index contributed by atoms with van der Waals surface area (Å²) < 4.78 is 69.4. The predicted octanol–water partition coefficient (Wildman–Crippen LogP) is 5.50. The number of carbonyl (C=O) groups excluding carboxylic acids is 12. The molecule has 554 valence electrons. The largest absolute Gasteiger partial charge is 0.417 e. The number of nitrogens with zero attached hydrogens (tertiary/aromatic N) is 9. The molecule has 5 aliphatic rings. The summed E-state index contributed by atoms with van der Waals surface area (Å²) in [5.41, 5.74) is -2.49. The molecule has 3 aliphatic heterocycles. The van der Waals surface area contributed by atoms with E-state index in [1.807, 2.05) is 13.8 Å². The molecule has 0 bridgehead atoms. The van der Waals surface area contributed by atoms with Crippen LogP contribution in [0.15, 0.2) is 18.2 Å². The molecule has 5 fully saturated rings. The SMILES string of the molecule is CC[C@H](C)[C@@H]1NC(=O)[C@H](CC(C)C)N(C)C(=O)C[C@@H](C(=O)N2CCCCC2)N(C)C(=O)[C@H](C2CCCCC2)N(C)C(=O)C2(CCCC2)NC(=O)[C@@H]2CCCN2C(=O)[C@H](CCc2ccc(C(F)(F)F)c(Cl)c2)NC(=O)CN(C)C(=O)[C@H](CCC(F)F)N(C)C(=O)CN(C)C(=O)CN(C)C1=O. The van der Waals surface area contributed by atoms with Gasteiger partial charge in [0.15, 0.2) is 0 Å². The minimum Gasteiger partial charge on any atom is -0.343 e. The van der Waals surface area contributed by atoms with Crippen molar-refractivity contribution in [3.05, 3.63) is 34.3 Å². The number of aryl methyl sites for hydroxylation is 1. The van der Waals surface area contributed by atoms with Crippen molar-refractivity contribution in [2.45, 2.75) is 223 Å². The quantitative estimate of drug-likeness (QED) is 0.219. The molecule has 24 nitrogen and oxygen atoms in total. The lowest BCUT2D eigenvalue weighted by atomic mass is 9.81. The molecule has 6 rings (SSSR count). The van der Waals surface area contributed by atoms with Crippen molar-refractivity contribution in [1.29, 1.82) is 0 Å². The van der Waals surface area contributed by atoms with E-state index in [-0.39, 0.29) is 63.0 Å². The Morgan fingerprint density at radius 2 is 1.24 bits per heavy atom. The maximum Gasteiger partial charge on any atom is 0.417 e. The molecular formula is C69H104ClF5N12O12. The average molecular weight is 1420 g/mol. The number of hydrogen-bond donors (Lipinski definition) is 3. The standard InChI is InChI=1S/C69H104ClF5N12O12/c1-12-43(4)58-65(97)81(7)40-56(90)79(5)41-57(91)82(8)50(29-30-53(71)72)63(95)80(6)39-54(88)76-48(28-26-44-25-27-46(47(70)37-44)69(73,74)75)62(94)87-35-21-24-49(87)61(93)78-68(31-17-18-32-68)67(99)85(11)59(45-22-15-13-16-23-45)66(98)84(10)52(64(96)86-33-19-14-20-34-86)38-55(89)83(9)51(36-42(2)3)60(92)77-58/h25,27,37,42-43,45,48-53,58-59H,12-24,26,28-36,38-41H2,1-11H3,(H,76,88)(H,77,92)(H,78,93)/t43-,48-,49-,50-,51-,52-,58-,59-/m0/s1. The second-order valence-electron chi connectivity index (χ2n) is 28.4. The van der Waals surface area contributed by atoms with Crippen molar-refractivity contribution in [3.63, 3.8) is 0 Å². The number of nitrogens with one attached hydrogen (secondary N) is 3. The van der Waals surface area contributed by atoms with Crippen LogP contribution in [0.25, 0.3) is 0 Å². The van der Waals surface area contributed by atoms with E-state index in [9.17, 15) is 50.7 Å². The van der Waals surface area contributed by atoms with Crippen LogP contribution in [0.4, 0.5) is 22.0 Å². The molecule has 0 aromatic heterocycles. The third kappa shape index (κ3) is 20.7.